The first-order valence-electron chi connectivity index (χ1n) is 12.4. The molecule has 4 heterocycles. The molecule has 2 fully saturated rings. The Labute approximate surface area is 212 Å². The number of imidazole rings is 1. The van der Waals surface area contributed by atoms with Crippen molar-refractivity contribution in [2.45, 2.75) is 38.8 Å². The van der Waals surface area contributed by atoms with Crippen LogP contribution in [0.4, 0.5) is 19.3 Å². The number of nitrogens with zero attached hydrogens (tertiary/aromatic N) is 5. The molecule has 0 aliphatic carbocycles. The van der Waals surface area contributed by atoms with E-state index < -0.39 is 23.8 Å². The predicted molar refractivity (Wildman–Crippen MR) is 133 cm³/mol. The summed E-state index contributed by atoms with van der Waals surface area (Å²) in [6.07, 6.45) is 0.789. The summed E-state index contributed by atoms with van der Waals surface area (Å²) in [5.41, 5.74) is 4.65. The Kier molecular flexibility index (Phi) is 5.71. The molecule has 0 bridgehead atoms. The molecule has 2 aliphatic heterocycles. The minimum Gasteiger partial charge on any atom is -0.449 e. The van der Waals surface area contributed by atoms with Gasteiger partial charge in [0.1, 0.15) is 17.6 Å². The molecule has 2 aromatic heterocycles. The normalized spacial score (nSPS) is 20.7. The number of hydrogen-bond donors (Lipinski definition) is 0. The van der Waals surface area contributed by atoms with Gasteiger partial charge in [-0.3, -0.25) is 4.90 Å². The summed E-state index contributed by atoms with van der Waals surface area (Å²) in [6.45, 7) is 5.78. The molecule has 6 rings (SSSR count). The Balaban J connectivity index is 1.52. The molecule has 192 valence electrons. The van der Waals surface area contributed by atoms with Crippen molar-refractivity contribution in [2.24, 2.45) is 0 Å². The van der Waals surface area contributed by atoms with E-state index in [0.29, 0.717) is 12.2 Å². The fraction of sp³-hybridized carbons (Fsp3) is 0.370. The van der Waals surface area contributed by atoms with Gasteiger partial charge in [-0.1, -0.05) is 11.2 Å². The highest BCUT2D eigenvalue weighted by Gasteiger charge is 2.38. The van der Waals surface area contributed by atoms with Crippen LogP contribution in [0.1, 0.15) is 42.2 Å². The molecule has 10 heteroatoms. The zero-order valence-electron chi connectivity index (χ0n) is 20.9. The van der Waals surface area contributed by atoms with Crippen molar-refractivity contribution in [3.8, 4) is 11.1 Å². The maximum absolute atomic E-state index is 14.2. The zero-order valence-corrected chi connectivity index (χ0v) is 20.9. The van der Waals surface area contributed by atoms with Gasteiger partial charge in [0.2, 0.25) is 0 Å². The molecule has 0 spiro atoms. The summed E-state index contributed by atoms with van der Waals surface area (Å²) >= 11 is 0. The minimum absolute atomic E-state index is 0.152. The molecule has 2 aliphatic rings. The first-order valence-corrected chi connectivity index (χ1v) is 12.4. The zero-order chi connectivity index (χ0) is 25.8. The second-order valence-electron chi connectivity index (χ2n) is 9.83. The Bertz CT molecular complexity index is 1490. The summed E-state index contributed by atoms with van der Waals surface area (Å²) in [5, 5.41) is 4.08. The number of aromatic nitrogens is 3. The summed E-state index contributed by atoms with van der Waals surface area (Å²) in [5.74, 6) is -0.565. The molecule has 0 saturated carbocycles. The maximum atomic E-state index is 14.2. The molecule has 2 atom stereocenters. The number of likely N-dealkylation sites (tertiary alicyclic amines) is 1. The lowest BCUT2D eigenvalue weighted by molar-refractivity contribution is 0.127. The lowest BCUT2D eigenvalue weighted by atomic mass is 10.0. The number of likely N-dealkylation sites (N-methyl/N-ethyl adjacent to an activating group) is 1. The van der Waals surface area contributed by atoms with Crippen LogP contribution in [-0.4, -0.2) is 52.4 Å². The summed E-state index contributed by atoms with van der Waals surface area (Å²) in [7, 11) is 2.08. The first-order chi connectivity index (χ1) is 17.8. The second-order valence-corrected chi connectivity index (χ2v) is 9.83. The number of ether oxygens (including phenoxy) is 1. The van der Waals surface area contributed by atoms with E-state index in [1.807, 2.05) is 26.0 Å². The Morgan fingerprint density at radius 1 is 1.05 bits per heavy atom. The van der Waals surface area contributed by atoms with Crippen molar-refractivity contribution in [3.05, 3.63) is 65.3 Å². The van der Waals surface area contributed by atoms with Crippen molar-refractivity contribution >= 4 is 22.8 Å². The van der Waals surface area contributed by atoms with Crippen molar-refractivity contribution in [3.63, 3.8) is 0 Å². The number of halogens is 2. The standard InChI is InChI=1S/C27H27F2N5O3/c1-15-25(16(2)37-31-15)17-4-7-23-22(12-17)30-26(33(23)19-8-10-32(3)14-19)24-9-11-36-27(35)34(24)18-5-6-20(28)21(29)13-18/h4-7,12-13,19,24H,8-11,14H2,1-3H3/t19-,24+/m1/s1. The average molecular weight is 508 g/mol. The number of carbonyl (C=O) groups excluding carboxylic acids is 1. The van der Waals surface area contributed by atoms with E-state index >= 15 is 0 Å². The third-order valence-corrected chi connectivity index (χ3v) is 7.38. The largest absolute Gasteiger partial charge is 0.449 e. The fourth-order valence-electron chi connectivity index (χ4n) is 5.66. The van der Waals surface area contributed by atoms with Crippen LogP contribution in [0.25, 0.3) is 22.2 Å². The summed E-state index contributed by atoms with van der Waals surface area (Å²) in [6, 6.07) is 9.20. The van der Waals surface area contributed by atoms with Crippen LogP contribution in [0.2, 0.25) is 0 Å². The number of carbonyl (C=O) groups is 1. The lowest BCUT2D eigenvalue weighted by Crippen LogP contribution is -2.42. The van der Waals surface area contributed by atoms with Crippen LogP contribution in [0.3, 0.4) is 0 Å². The van der Waals surface area contributed by atoms with Gasteiger partial charge < -0.3 is 18.7 Å². The van der Waals surface area contributed by atoms with E-state index in [0.717, 1.165) is 65.3 Å². The lowest BCUT2D eigenvalue weighted by Gasteiger charge is -2.35. The van der Waals surface area contributed by atoms with Gasteiger partial charge in [-0.15, -0.1) is 0 Å². The summed E-state index contributed by atoms with van der Waals surface area (Å²) in [4.78, 5) is 21.7. The molecule has 0 unspecified atom stereocenters. The van der Waals surface area contributed by atoms with E-state index in [9.17, 15) is 13.6 Å². The monoisotopic (exact) mass is 507 g/mol. The fourth-order valence-corrected chi connectivity index (χ4v) is 5.66. The first kappa shape index (κ1) is 23.6. The number of rotatable bonds is 4. The number of hydrogen-bond acceptors (Lipinski definition) is 6. The molecule has 0 radical (unpaired) electrons. The van der Waals surface area contributed by atoms with Crippen LogP contribution in [0.5, 0.6) is 0 Å². The van der Waals surface area contributed by atoms with Gasteiger partial charge in [-0.25, -0.2) is 18.6 Å². The summed E-state index contributed by atoms with van der Waals surface area (Å²) < 4.78 is 40.8. The Morgan fingerprint density at radius 3 is 2.59 bits per heavy atom. The minimum atomic E-state index is -1.02. The smallest absolute Gasteiger partial charge is 0.414 e. The van der Waals surface area contributed by atoms with Gasteiger partial charge >= 0.3 is 6.09 Å². The molecule has 8 nitrogen and oxygen atoms in total. The van der Waals surface area contributed by atoms with Crippen LogP contribution in [-0.2, 0) is 4.74 Å². The molecule has 2 saturated heterocycles. The quantitative estimate of drug-likeness (QED) is 0.361. The number of amides is 1. The van der Waals surface area contributed by atoms with E-state index in [1.165, 1.54) is 11.0 Å². The van der Waals surface area contributed by atoms with E-state index in [1.54, 1.807) is 0 Å². The maximum Gasteiger partial charge on any atom is 0.414 e. The molecular weight excluding hydrogens is 480 g/mol. The second kappa shape index (κ2) is 8.95. The molecule has 4 aromatic rings. The third-order valence-electron chi connectivity index (χ3n) is 7.38. The van der Waals surface area contributed by atoms with Gasteiger partial charge in [0.05, 0.1) is 29.0 Å². The third kappa shape index (κ3) is 3.96. The molecule has 37 heavy (non-hydrogen) atoms. The van der Waals surface area contributed by atoms with Gasteiger partial charge in [-0.2, -0.15) is 0 Å². The van der Waals surface area contributed by atoms with Crippen molar-refractivity contribution in [2.75, 3.05) is 31.6 Å². The number of benzene rings is 2. The van der Waals surface area contributed by atoms with Gasteiger partial charge in [0, 0.05) is 30.6 Å². The van der Waals surface area contributed by atoms with E-state index in [-0.39, 0.29) is 18.3 Å². The predicted octanol–water partition coefficient (Wildman–Crippen LogP) is 5.55. The van der Waals surface area contributed by atoms with Crippen molar-refractivity contribution in [1.82, 2.24) is 19.6 Å². The van der Waals surface area contributed by atoms with Crippen molar-refractivity contribution in [1.29, 1.82) is 0 Å². The SMILES string of the molecule is Cc1noc(C)c1-c1ccc2c(c1)nc([C@@H]1CCOC(=O)N1c1ccc(F)c(F)c1)n2[C@@H]1CCN(C)C1. The number of anilines is 1. The number of fused-ring (bicyclic) bond motifs is 1. The van der Waals surface area contributed by atoms with Crippen molar-refractivity contribution < 1.29 is 22.8 Å². The molecular formula is C27H27F2N5O3. The van der Waals surface area contributed by atoms with Gasteiger partial charge in [0.15, 0.2) is 11.6 Å². The number of cyclic esters (lactones) is 1. The van der Waals surface area contributed by atoms with Crippen LogP contribution in [0, 0.1) is 25.5 Å². The van der Waals surface area contributed by atoms with Crippen LogP contribution < -0.4 is 4.90 Å². The highest BCUT2D eigenvalue weighted by molar-refractivity contribution is 5.90. The molecule has 2 aromatic carbocycles. The van der Waals surface area contributed by atoms with Crippen LogP contribution in [0.15, 0.2) is 40.9 Å². The highest BCUT2D eigenvalue weighted by Crippen LogP contribution is 2.39. The van der Waals surface area contributed by atoms with Gasteiger partial charge in [0.25, 0.3) is 0 Å². The topological polar surface area (TPSA) is 76.6 Å². The van der Waals surface area contributed by atoms with E-state index in [4.69, 9.17) is 14.2 Å². The molecule has 0 N–H and O–H groups in total. The Hall–Kier alpha value is -3.79. The highest BCUT2D eigenvalue weighted by atomic mass is 19.2. The van der Waals surface area contributed by atoms with Crippen LogP contribution >= 0.6 is 0 Å². The molecule has 1 amide bonds. The van der Waals surface area contributed by atoms with E-state index in [2.05, 4.69) is 27.7 Å². The Morgan fingerprint density at radius 2 is 1.89 bits per heavy atom. The average Bonchev–Trinajstić information content (AvgIpc) is 3.56. The van der Waals surface area contributed by atoms with Gasteiger partial charge in [-0.05, 0) is 63.7 Å². The number of aryl methyl sites for hydroxylation is 2.